The maximum Gasteiger partial charge on any atom is 0.306 e. The molecule has 1 aromatic rings. The number of aromatic nitrogens is 1. The molecule has 7 heteroatoms. The van der Waals surface area contributed by atoms with Crippen LogP contribution in [0.2, 0.25) is 0 Å². The topological polar surface area (TPSA) is 73.7 Å². The lowest BCUT2D eigenvalue weighted by atomic mass is 10.0. The SMILES string of the molecule is O=C(O)C1CCC(C(=O)N2CCN(c3nccs3)CC2)C1. The fourth-order valence-electron chi connectivity index (χ4n) is 3.18. The van der Waals surface area contributed by atoms with E-state index in [1.807, 2.05) is 10.3 Å². The molecule has 2 unspecified atom stereocenters. The number of carbonyl (C=O) groups excluding carboxylic acids is 1. The van der Waals surface area contributed by atoms with Gasteiger partial charge in [0.1, 0.15) is 0 Å². The second-order valence-corrected chi connectivity index (χ2v) is 6.55. The highest BCUT2D eigenvalue weighted by molar-refractivity contribution is 7.13. The first-order chi connectivity index (χ1) is 10.1. The van der Waals surface area contributed by atoms with E-state index >= 15 is 0 Å². The Balaban J connectivity index is 1.52. The van der Waals surface area contributed by atoms with Crippen molar-refractivity contribution in [1.29, 1.82) is 0 Å². The zero-order valence-electron chi connectivity index (χ0n) is 11.8. The van der Waals surface area contributed by atoms with Gasteiger partial charge < -0.3 is 14.9 Å². The van der Waals surface area contributed by atoms with Crippen molar-refractivity contribution < 1.29 is 14.7 Å². The van der Waals surface area contributed by atoms with Gasteiger partial charge in [0.25, 0.3) is 0 Å². The summed E-state index contributed by atoms with van der Waals surface area (Å²) < 4.78 is 0. The van der Waals surface area contributed by atoms with Gasteiger partial charge >= 0.3 is 5.97 Å². The van der Waals surface area contributed by atoms with E-state index < -0.39 is 5.97 Å². The lowest BCUT2D eigenvalue weighted by molar-refractivity contribution is -0.141. The zero-order valence-corrected chi connectivity index (χ0v) is 12.6. The second kappa shape index (κ2) is 6.01. The van der Waals surface area contributed by atoms with Gasteiger partial charge in [0.2, 0.25) is 5.91 Å². The molecule has 1 aliphatic carbocycles. The van der Waals surface area contributed by atoms with Gasteiger partial charge in [-0.3, -0.25) is 9.59 Å². The van der Waals surface area contributed by atoms with Gasteiger partial charge in [-0.2, -0.15) is 0 Å². The van der Waals surface area contributed by atoms with Crippen molar-refractivity contribution in [3.63, 3.8) is 0 Å². The quantitative estimate of drug-likeness (QED) is 0.911. The monoisotopic (exact) mass is 309 g/mol. The lowest BCUT2D eigenvalue weighted by Gasteiger charge is -2.35. The van der Waals surface area contributed by atoms with Crippen LogP contribution >= 0.6 is 11.3 Å². The molecule has 0 radical (unpaired) electrons. The van der Waals surface area contributed by atoms with Gasteiger partial charge in [0.15, 0.2) is 5.13 Å². The largest absolute Gasteiger partial charge is 0.481 e. The number of hydrogen-bond acceptors (Lipinski definition) is 5. The maximum absolute atomic E-state index is 12.5. The van der Waals surface area contributed by atoms with E-state index in [0.717, 1.165) is 18.2 Å². The van der Waals surface area contributed by atoms with E-state index in [0.29, 0.717) is 32.4 Å². The number of carboxylic acids is 1. The van der Waals surface area contributed by atoms with Gasteiger partial charge in [-0.25, -0.2) is 4.98 Å². The molecule has 0 aromatic carbocycles. The highest BCUT2D eigenvalue weighted by Gasteiger charge is 2.36. The Morgan fingerprint density at radius 3 is 2.48 bits per heavy atom. The van der Waals surface area contributed by atoms with Crippen LogP contribution in [0.3, 0.4) is 0 Å². The molecule has 0 spiro atoms. The van der Waals surface area contributed by atoms with Crippen molar-refractivity contribution in [2.75, 3.05) is 31.1 Å². The normalized spacial score (nSPS) is 26.1. The average molecular weight is 309 g/mol. The molecular weight excluding hydrogens is 290 g/mol. The summed E-state index contributed by atoms with van der Waals surface area (Å²) in [7, 11) is 0. The number of rotatable bonds is 3. The summed E-state index contributed by atoms with van der Waals surface area (Å²) in [6.07, 6.45) is 3.64. The highest BCUT2D eigenvalue weighted by atomic mass is 32.1. The first-order valence-corrected chi connectivity index (χ1v) is 8.19. The van der Waals surface area contributed by atoms with E-state index in [4.69, 9.17) is 5.11 Å². The van der Waals surface area contributed by atoms with Crippen molar-refractivity contribution in [1.82, 2.24) is 9.88 Å². The summed E-state index contributed by atoms with van der Waals surface area (Å²) in [4.78, 5) is 31.8. The first-order valence-electron chi connectivity index (χ1n) is 7.31. The van der Waals surface area contributed by atoms with Gasteiger partial charge in [-0.1, -0.05) is 0 Å². The molecule has 2 atom stereocenters. The molecule has 2 aliphatic rings. The second-order valence-electron chi connectivity index (χ2n) is 5.67. The molecule has 2 fully saturated rings. The van der Waals surface area contributed by atoms with Crippen LogP contribution < -0.4 is 4.90 Å². The number of nitrogens with zero attached hydrogens (tertiary/aromatic N) is 3. The third-order valence-corrected chi connectivity index (χ3v) is 5.24. The van der Waals surface area contributed by atoms with Crippen molar-refractivity contribution in [2.24, 2.45) is 11.8 Å². The highest BCUT2D eigenvalue weighted by Crippen LogP contribution is 2.32. The molecule has 3 rings (SSSR count). The van der Waals surface area contributed by atoms with Crippen LogP contribution in [0.25, 0.3) is 0 Å². The van der Waals surface area contributed by atoms with Crippen LogP contribution in [0.1, 0.15) is 19.3 Å². The summed E-state index contributed by atoms with van der Waals surface area (Å²) in [6, 6.07) is 0. The van der Waals surface area contributed by atoms with Gasteiger partial charge in [-0.05, 0) is 19.3 Å². The smallest absolute Gasteiger partial charge is 0.306 e. The van der Waals surface area contributed by atoms with E-state index in [1.165, 1.54) is 0 Å². The summed E-state index contributed by atoms with van der Waals surface area (Å²) in [6.45, 7) is 3.00. The fourth-order valence-corrected chi connectivity index (χ4v) is 3.88. The molecule has 21 heavy (non-hydrogen) atoms. The summed E-state index contributed by atoms with van der Waals surface area (Å²) in [5.74, 6) is -1.07. The molecule has 6 nitrogen and oxygen atoms in total. The minimum absolute atomic E-state index is 0.0995. The molecule has 1 amide bonds. The number of carboxylic acid groups (broad SMARTS) is 1. The molecule has 1 aliphatic heterocycles. The number of aliphatic carboxylic acids is 1. The van der Waals surface area contributed by atoms with Crippen molar-refractivity contribution in [3.8, 4) is 0 Å². The third kappa shape index (κ3) is 3.02. The molecule has 114 valence electrons. The summed E-state index contributed by atoms with van der Waals surface area (Å²) in [5, 5.41) is 12.0. The van der Waals surface area contributed by atoms with Gasteiger partial charge in [0, 0.05) is 43.7 Å². The predicted molar refractivity (Wildman–Crippen MR) is 79.4 cm³/mol. The van der Waals surface area contributed by atoms with Crippen LogP contribution in [0, 0.1) is 11.8 Å². The molecule has 1 saturated heterocycles. The maximum atomic E-state index is 12.5. The number of anilines is 1. The molecular formula is C14H19N3O3S. The number of carbonyl (C=O) groups is 2. The van der Waals surface area contributed by atoms with Gasteiger partial charge in [-0.15, -0.1) is 11.3 Å². The molecule has 2 heterocycles. The summed E-state index contributed by atoms with van der Waals surface area (Å²) in [5.41, 5.74) is 0. The minimum Gasteiger partial charge on any atom is -0.481 e. The zero-order chi connectivity index (χ0) is 14.8. The van der Waals surface area contributed by atoms with Crippen LogP contribution in [0.4, 0.5) is 5.13 Å². The number of thiazole rings is 1. The first kappa shape index (κ1) is 14.3. The van der Waals surface area contributed by atoms with Crippen LogP contribution in [0.15, 0.2) is 11.6 Å². The Kier molecular flexibility index (Phi) is 4.10. The third-order valence-electron chi connectivity index (χ3n) is 4.41. The van der Waals surface area contributed by atoms with Crippen molar-refractivity contribution in [2.45, 2.75) is 19.3 Å². The van der Waals surface area contributed by atoms with Crippen molar-refractivity contribution >= 4 is 28.3 Å². The number of hydrogen-bond donors (Lipinski definition) is 1. The molecule has 1 N–H and O–H groups in total. The van der Waals surface area contributed by atoms with E-state index in [2.05, 4.69) is 9.88 Å². The average Bonchev–Trinajstić information content (AvgIpc) is 3.18. The standard InChI is InChI=1S/C14H19N3O3S/c18-12(10-1-2-11(9-10)13(19)20)16-4-6-17(7-5-16)14-15-3-8-21-14/h3,8,10-11H,1-2,4-7,9H2,(H,19,20). The van der Waals surface area contributed by atoms with Crippen molar-refractivity contribution in [3.05, 3.63) is 11.6 Å². The predicted octanol–water partition coefficient (Wildman–Crippen LogP) is 1.29. The van der Waals surface area contributed by atoms with E-state index in [-0.39, 0.29) is 17.7 Å². The lowest BCUT2D eigenvalue weighted by Crippen LogP contribution is -2.50. The van der Waals surface area contributed by atoms with Gasteiger partial charge in [0.05, 0.1) is 5.92 Å². The van der Waals surface area contributed by atoms with Crippen LogP contribution in [-0.4, -0.2) is 53.0 Å². The van der Waals surface area contributed by atoms with E-state index in [1.54, 1.807) is 17.5 Å². The number of piperazine rings is 1. The Morgan fingerprint density at radius 1 is 1.19 bits per heavy atom. The minimum atomic E-state index is -0.765. The van der Waals surface area contributed by atoms with E-state index in [9.17, 15) is 9.59 Å². The number of amides is 1. The Labute approximate surface area is 127 Å². The Morgan fingerprint density at radius 2 is 1.90 bits per heavy atom. The Bertz CT molecular complexity index is 512. The molecule has 1 saturated carbocycles. The van der Waals surface area contributed by atoms with Crippen LogP contribution in [0.5, 0.6) is 0 Å². The molecule has 0 bridgehead atoms. The van der Waals surface area contributed by atoms with Crippen LogP contribution in [-0.2, 0) is 9.59 Å². The summed E-state index contributed by atoms with van der Waals surface area (Å²) >= 11 is 1.61. The molecule has 1 aromatic heterocycles. The Hall–Kier alpha value is -1.63. The fraction of sp³-hybridized carbons (Fsp3) is 0.643.